The largest absolute Gasteiger partial charge is 0.299 e. The number of Topliss-reactive ketones (excluding diaryl/α,β-unsaturated/α-hetero) is 1. The lowest BCUT2D eigenvalue weighted by atomic mass is 9.43. The zero-order valence-electron chi connectivity index (χ0n) is 21.8. The van der Waals surface area contributed by atoms with Crippen LogP contribution in [-0.4, -0.2) is 5.78 Å². The van der Waals surface area contributed by atoms with Crippen molar-refractivity contribution < 1.29 is 4.79 Å². The Labute approximate surface area is 193 Å². The number of hydrogen-bond acceptors (Lipinski definition) is 1. The van der Waals surface area contributed by atoms with Crippen molar-refractivity contribution in [1.82, 2.24) is 0 Å². The highest BCUT2D eigenvalue weighted by Crippen LogP contribution is 2.68. The van der Waals surface area contributed by atoms with Gasteiger partial charge in [-0.3, -0.25) is 4.79 Å². The Bertz CT molecular complexity index is 718. The van der Waals surface area contributed by atoms with Gasteiger partial charge in [-0.25, -0.2) is 0 Å². The van der Waals surface area contributed by atoms with Crippen molar-refractivity contribution in [2.75, 3.05) is 0 Å². The lowest BCUT2D eigenvalue weighted by Gasteiger charge is -2.61. The molecule has 0 amide bonds. The van der Waals surface area contributed by atoms with Crippen LogP contribution in [0.5, 0.6) is 0 Å². The molecule has 4 fully saturated rings. The van der Waals surface area contributed by atoms with E-state index in [1.54, 1.807) is 5.57 Å². The molecule has 0 bridgehead atoms. The number of hydrogen-bond donors (Lipinski definition) is 0. The summed E-state index contributed by atoms with van der Waals surface area (Å²) in [7, 11) is 0. The molecule has 0 saturated heterocycles. The van der Waals surface area contributed by atoms with Gasteiger partial charge in [-0.1, -0.05) is 60.1 Å². The monoisotopic (exact) mass is 426 g/mol. The molecule has 31 heavy (non-hydrogen) atoms. The summed E-state index contributed by atoms with van der Waals surface area (Å²) in [5.41, 5.74) is 2.56. The van der Waals surface area contributed by atoms with Crippen LogP contribution in [0.2, 0.25) is 0 Å². The second kappa shape index (κ2) is 8.32. The molecule has 176 valence electrons. The van der Waals surface area contributed by atoms with Gasteiger partial charge in [-0.05, 0) is 110 Å². The molecule has 4 saturated carbocycles. The first-order valence-electron chi connectivity index (χ1n) is 13.7. The van der Waals surface area contributed by atoms with Gasteiger partial charge < -0.3 is 0 Å². The van der Waals surface area contributed by atoms with Gasteiger partial charge in [-0.15, -0.1) is 0 Å². The number of fused-ring (bicyclic) bond motifs is 5. The molecule has 0 aliphatic heterocycles. The molecule has 0 N–H and O–H groups in total. The average molecular weight is 427 g/mol. The maximum Gasteiger partial charge on any atom is 0.136 e. The minimum atomic E-state index is 0.306. The quantitative estimate of drug-likeness (QED) is 0.413. The molecular formula is C30H50O. The Morgan fingerprint density at radius 1 is 0.903 bits per heavy atom. The van der Waals surface area contributed by atoms with Crippen molar-refractivity contribution in [3.05, 3.63) is 11.6 Å². The molecule has 0 radical (unpaired) electrons. The molecule has 4 rings (SSSR count). The fourth-order valence-electron chi connectivity index (χ4n) is 9.63. The highest BCUT2D eigenvalue weighted by molar-refractivity contribution is 5.82. The first-order valence-corrected chi connectivity index (χ1v) is 13.7. The van der Waals surface area contributed by atoms with Gasteiger partial charge in [0.05, 0.1) is 0 Å². The van der Waals surface area contributed by atoms with Crippen LogP contribution in [0.25, 0.3) is 0 Å². The van der Waals surface area contributed by atoms with Crippen molar-refractivity contribution in [3.8, 4) is 0 Å². The van der Waals surface area contributed by atoms with E-state index in [9.17, 15) is 4.79 Å². The molecule has 1 heteroatoms. The van der Waals surface area contributed by atoms with Crippen molar-refractivity contribution in [1.29, 1.82) is 0 Å². The highest BCUT2D eigenvalue weighted by Gasteiger charge is 2.61. The fourth-order valence-corrected chi connectivity index (χ4v) is 9.63. The second-order valence-electron chi connectivity index (χ2n) is 13.4. The van der Waals surface area contributed by atoms with E-state index < -0.39 is 0 Å². The van der Waals surface area contributed by atoms with E-state index in [0.29, 0.717) is 40.3 Å². The molecule has 10 atom stereocenters. The molecule has 4 aliphatic carbocycles. The van der Waals surface area contributed by atoms with Crippen molar-refractivity contribution >= 4 is 5.78 Å². The van der Waals surface area contributed by atoms with Crippen LogP contribution in [0, 0.1) is 64.1 Å². The highest BCUT2D eigenvalue weighted by atomic mass is 16.1. The van der Waals surface area contributed by atoms with E-state index in [0.717, 1.165) is 36.0 Å². The number of carbonyl (C=O) groups excluding carboxylic acids is 1. The van der Waals surface area contributed by atoms with Crippen LogP contribution < -0.4 is 0 Å². The topological polar surface area (TPSA) is 17.1 Å². The van der Waals surface area contributed by atoms with E-state index in [1.165, 1.54) is 44.9 Å². The molecule has 0 aromatic rings. The molecule has 2 unspecified atom stereocenters. The normalized spacial score (nSPS) is 47.5. The van der Waals surface area contributed by atoms with Crippen molar-refractivity contribution in [2.45, 2.75) is 107 Å². The first-order chi connectivity index (χ1) is 14.5. The molecule has 4 aliphatic rings. The van der Waals surface area contributed by atoms with E-state index in [-0.39, 0.29) is 0 Å². The SMILES string of the molecule is CC(=C[C@@H](C)[C@H]1CC[C@H]2[C@@H]3CCC4[C@H](C)C(=O)CC[C@]4(C)[C@H]3CC[C@]12C)C(C)C(C)C. The summed E-state index contributed by atoms with van der Waals surface area (Å²) in [5.74, 6) is 7.18. The third-order valence-corrected chi connectivity index (χ3v) is 11.9. The van der Waals surface area contributed by atoms with Crippen LogP contribution in [-0.2, 0) is 4.79 Å². The summed E-state index contributed by atoms with van der Waals surface area (Å²) in [6, 6.07) is 0. The molecular weight excluding hydrogens is 376 g/mol. The summed E-state index contributed by atoms with van der Waals surface area (Å²) >= 11 is 0. The Hall–Kier alpha value is -0.590. The van der Waals surface area contributed by atoms with E-state index in [2.05, 4.69) is 61.5 Å². The second-order valence-corrected chi connectivity index (χ2v) is 13.4. The summed E-state index contributed by atoms with van der Waals surface area (Å²) in [4.78, 5) is 12.5. The average Bonchev–Trinajstić information content (AvgIpc) is 3.07. The fraction of sp³-hybridized carbons (Fsp3) is 0.900. The maximum absolute atomic E-state index is 12.5. The van der Waals surface area contributed by atoms with Crippen LogP contribution >= 0.6 is 0 Å². The Kier molecular flexibility index (Phi) is 6.33. The van der Waals surface area contributed by atoms with Crippen LogP contribution in [0.15, 0.2) is 11.6 Å². The zero-order chi connectivity index (χ0) is 22.7. The zero-order valence-corrected chi connectivity index (χ0v) is 21.8. The number of allylic oxidation sites excluding steroid dienone is 2. The van der Waals surface area contributed by atoms with Gasteiger partial charge in [0.15, 0.2) is 0 Å². The standard InChI is InChI=1S/C30H50O/c1-18(2)21(5)19(3)17-20(4)24-11-12-26-23-9-10-25-22(6)28(31)14-16-30(25,8)27(23)13-15-29(24,26)7/h17-18,20-27H,9-16H2,1-8H3/t20-,21?,22+,23+,24-,25?,26+,27+,29-,30+/m1/s1. The maximum atomic E-state index is 12.5. The summed E-state index contributed by atoms with van der Waals surface area (Å²) < 4.78 is 0. The number of ketones is 1. The Morgan fingerprint density at radius 3 is 2.23 bits per heavy atom. The third kappa shape index (κ3) is 3.69. The van der Waals surface area contributed by atoms with E-state index in [1.807, 2.05) is 0 Å². The summed E-state index contributed by atoms with van der Waals surface area (Å²) in [6.07, 6.45) is 13.1. The predicted molar refractivity (Wildman–Crippen MR) is 132 cm³/mol. The van der Waals surface area contributed by atoms with Crippen LogP contribution in [0.1, 0.15) is 107 Å². The number of rotatable bonds is 4. The van der Waals surface area contributed by atoms with Gasteiger partial charge in [0.2, 0.25) is 0 Å². The van der Waals surface area contributed by atoms with Crippen LogP contribution in [0.3, 0.4) is 0 Å². The summed E-state index contributed by atoms with van der Waals surface area (Å²) in [5, 5.41) is 0. The molecule has 0 aromatic carbocycles. The Morgan fingerprint density at radius 2 is 1.55 bits per heavy atom. The molecule has 0 spiro atoms. The molecule has 0 heterocycles. The minimum absolute atomic E-state index is 0.306. The van der Waals surface area contributed by atoms with Gasteiger partial charge in [0.25, 0.3) is 0 Å². The molecule has 1 nitrogen and oxygen atoms in total. The van der Waals surface area contributed by atoms with Gasteiger partial charge in [0.1, 0.15) is 5.78 Å². The van der Waals surface area contributed by atoms with Gasteiger partial charge in [0, 0.05) is 12.3 Å². The lowest BCUT2D eigenvalue weighted by molar-refractivity contribution is -0.150. The van der Waals surface area contributed by atoms with E-state index in [4.69, 9.17) is 0 Å². The third-order valence-electron chi connectivity index (χ3n) is 11.9. The van der Waals surface area contributed by atoms with Gasteiger partial charge >= 0.3 is 0 Å². The first kappa shape index (κ1) is 23.6. The minimum Gasteiger partial charge on any atom is -0.299 e. The summed E-state index contributed by atoms with van der Waals surface area (Å²) in [6.45, 7) is 19.5. The smallest absolute Gasteiger partial charge is 0.136 e. The van der Waals surface area contributed by atoms with Crippen molar-refractivity contribution in [3.63, 3.8) is 0 Å². The molecule has 0 aromatic heterocycles. The Balaban J connectivity index is 1.54. The van der Waals surface area contributed by atoms with Crippen LogP contribution in [0.4, 0.5) is 0 Å². The van der Waals surface area contributed by atoms with Gasteiger partial charge in [-0.2, -0.15) is 0 Å². The lowest BCUT2D eigenvalue weighted by Crippen LogP contribution is -2.55. The number of carbonyl (C=O) groups is 1. The van der Waals surface area contributed by atoms with Crippen molar-refractivity contribution in [2.24, 2.45) is 64.1 Å². The van der Waals surface area contributed by atoms with E-state index >= 15 is 0 Å². The predicted octanol–water partition coefficient (Wildman–Crippen LogP) is 8.33.